The molecule has 5 heteroatoms. The zero-order chi connectivity index (χ0) is 14.7. The monoisotopic (exact) mass is 294 g/mol. The van der Waals surface area contributed by atoms with Gasteiger partial charge in [-0.1, -0.05) is 17.7 Å². The molecule has 0 radical (unpaired) electrons. The van der Waals surface area contributed by atoms with E-state index in [4.69, 9.17) is 11.6 Å². The summed E-state index contributed by atoms with van der Waals surface area (Å²) in [4.78, 5) is 25.4. The Morgan fingerprint density at radius 2 is 2.15 bits per heavy atom. The van der Waals surface area contributed by atoms with Crippen LogP contribution in [0.15, 0.2) is 18.2 Å². The number of nitrogens with one attached hydrogen (secondary N) is 1. The normalized spacial score (nSPS) is 18.8. The average molecular weight is 295 g/mol. The largest absolute Gasteiger partial charge is 0.342 e. The number of amides is 2. The van der Waals surface area contributed by atoms with Crippen LogP contribution < -0.4 is 5.32 Å². The van der Waals surface area contributed by atoms with Gasteiger partial charge in [0.15, 0.2) is 0 Å². The molecule has 1 aliphatic heterocycles. The van der Waals surface area contributed by atoms with Crippen molar-refractivity contribution in [3.63, 3.8) is 0 Å². The predicted octanol–water partition coefficient (Wildman–Crippen LogP) is 2.85. The smallest absolute Gasteiger partial charge is 0.229 e. The van der Waals surface area contributed by atoms with Crippen LogP contribution in [0.4, 0.5) is 5.69 Å². The van der Waals surface area contributed by atoms with Crippen LogP contribution in [-0.2, 0) is 9.59 Å². The molecule has 1 aliphatic rings. The molecular weight excluding hydrogens is 276 g/mol. The second-order valence-corrected chi connectivity index (χ2v) is 5.66. The average Bonchev–Trinajstić information content (AvgIpc) is 2.43. The third-order valence-electron chi connectivity index (χ3n) is 3.68. The summed E-state index contributed by atoms with van der Waals surface area (Å²) in [6.45, 7) is 4.70. The number of piperidine rings is 1. The molecule has 1 saturated heterocycles. The second-order valence-electron chi connectivity index (χ2n) is 5.26. The molecule has 2 amide bonds. The molecular formula is C15H19ClN2O2. The summed E-state index contributed by atoms with van der Waals surface area (Å²) >= 11 is 6.04. The molecule has 1 heterocycles. The first-order valence-electron chi connectivity index (χ1n) is 6.80. The standard InChI is InChI=1S/C15H19ClN2O2/c1-10-5-6-13(8-14(10)16)17-15(20)12-4-3-7-18(9-12)11(2)19/h5-6,8,12H,3-4,7,9H2,1-2H3,(H,17,20)/t12-/m1/s1. The van der Waals surface area contributed by atoms with Crippen LogP contribution in [0.5, 0.6) is 0 Å². The fourth-order valence-electron chi connectivity index (χ4n) is 2.39. The summed E-state index contributed by atoms with van der Waals surface area (Å²) in [5.41, 5.74) is 1.68. The van der Waals surface area contributed by atoms with Crippen LogP contribution >= 0.6 is 11.6 Å². The molecule has 0 aliphatic carbocycles. The van der Waals surface area contributed by atoms with Crippen LogP contribution in [-0.4, -0.2) is 29.8 Å². The number of hydrogen-bond donors (Lipinski definition) is 1. The SMILES string of the molecule is CC(=O)N1CCC[C@@H](C(=O)Nc2ccc(C)c(Cl)c2)C1. The van der Waals surface area contributed by atoms with Crippen LogP contribution in [0.1, 0.15) is 25.3 Å². The lowest BCUT2D eigenvalue weighted by Gasteiger charge is -2.31. The number of rotatable bonds is 2. The number of halogens is 1. The number of carbonyl (C=O) groups excluding carboxylic acids is 2. The van der Waals surface area contributed by atoms with Gasteiger partial charge in [0, 0.05) is 30.7 Å². The first-order chi connectivity index (χ1) is 9.47. The Morgan fingerprint density at radius 3 is 2.80 bits per heavy atom. The van der Waals surface area contributed by atoms with Crippen molar-refractivity contribution in [3.8, 4) is 0 Å². The zero-order valence-corrected chi connectivity index (χ0v) is 12.5. The predicted molar refractivity (Wildman–Crippen MR) is 79.8 cm³/mol. The van der Waals surface area contributed by atoms with E-state index in [1.807, 2.05) is 19.1 Å². The van der Waals surface area contributed by atoms with Gasteiger partial charge >= 0.3 is 0 Å². The van der Waals surface area contributed by atoms with E-state index in [0.29, 0.717) is 17.3 Å². The van der Waals surface area contributed by atoms with Crippen molar-refractivity contribution in [2.45, 2.75) is 26.7 Å². The molecule has 4 nitrogen and oxygen atoms in total. The molecule has 1 aromatic carbocycles. The van der Waals surface area contributed by atoms with Crippen molar-refractivity contribution < 1.29 is 9.59 Å². The minimum absolute atomic E-state index is 0.0286. The van der Waals surface area contributed by atoms with Crippen molar-refractivity contribution in [1.82, 2.24) is 4.90 Å². The van der Waals surface area contributed by atoms with Crippen molar-refractivity contribution in [1.29, 1.82) is 0 Å². The molecule has 20 heavy (non-hydrogen) atoms. The minimum atomic E-state index is -0.146. The fraction of sp³-hybridized carbons (Fsp3) is 0.467. The van der Waals surface area contributed by atoms with E-state index in [9.17, 15) is 9.59 Å². The van der Waals surface area contributed by atoms with Gasteiger partial charge in [-0.15, -0.1) is 0 Å². The van der Waals surface area contributed by atoms with Crippen molar-refractivity contribution >= 4 is 29.1 Å². The molecule has 0 aromatic heterocycles. The van der Waals surface area contributed by atoms with E-state index >= 15 is 0 Å². The number of aryl methyl sites for hydroxylation is 1. The van der Waals surface area contributed by atoms with Gasteiger partial charge in [0.25, 0.3) is 0 Å². The Morgan fingerprint density at radius 1 is 1.40 bits per heavy atom. The Kier molecular flexibility index (Phi) is 4.65. The molecule has 1 atom stereocenters. The third-order valence-corrected chi connectivity index (χ3v) is 4.08. The van der Waals surface area contributed by atoms with Crippen molar-refractivity contribution in [2.24, 2.45) is 5.92 Å². The van der Waals surface area contributed by atoms with Gasteiger partial charge in [-0.2, -0.15) is 0 Å². The highest BCUT2D eigenvalue weighted by Gasteiger charge is 2.27. The lowest BCUT2D eigenvalue weighted by atomic mass is 9.97. The van der Waals surface area contributed by atoms with Gasteiger partial charge in [-0.25, -0.2) is 0 Å². The number of anilines is 1. The molecule has 0 saturated carbocycles. The van der Waals surface area contributed by atoms with E-state index in [2.05, 4.69) is 5.32 Å². The van der Waals surface area contributed by atoms with Gasteiger partial charge in [0.1, 0.15) is 0 Å². The molecule has 2 rings (SSSR count). The van der Waals surface area contributed by atoms with Crippen molar-refractivity contribution in [2.75, 3.05) is 18.4 Å². The van der Waals surface area contributed by atoms with Crippen molar-refractivity contribution in [3.05, 3.63) is 28.8 Å². The molecule has 0 bridgehead atoms. The highest BCUT2D eigenvalue weighted by atomic mass is 35.5. The van der Waals surface area contributed by atoms with E-state index < -0.39 is 0 Å². The maximum absolute atomic E-state index is 12.2. The van der Waals surface area contributed by atoms with Crippen LogP contribution in [0.25, 0.3) is 0 Å². The maximum Gasteiger partial charge on any atom is 0.229 e. The van der Waals surface area contributed by atoms with Crippen LogP contribution in [0.2, 0.25) is 5.02 Å². The Hall–Kier alpha value is -1.55. The van der Waals surface area contributed by atoms with Crippen LogP contribution in [0.3, 0.4) is 0 Å². The summed E-state index contributed by atoms with van der Waals surface area (Å²) < 4.78 is 0. The zero-order valence-electron chi connectivity index (χ0n) is 11.8. The molecule has 108 valence electrons. The van der Waals surface area contributed by atoms with Gasteiger partial charge in [-0.05, 0) is 37.5 Å². The molecule has 0 spiro atoms. The number of carbonyl (C=O) groups is 2. The lowest BCUT2D eigenvalue weighted by molar-refractivity contribution is -0.132. The van der Waals surface area contributed by atoms with Gasteiger partial charge in [0.05, 0.1) is 5.92 Å². The summed E-state index contributed by atoms with van der Waals surface area (Å²) in [6.07, 6.45) is 1.68. The molecule has 1 aromatic rings. The molecule has 0 unspecified atom stereocenters. The van der Waals surface area contributed by atoms with Crippen LogP contribution in [0, 0.1) is 12.8 Å². The lowest BCUT2D eigenvalue weighted by Crippen LogP contribution is -2.42. The highest BCUT2D eigenvalue weighted by molar-refractivity contribution is 6.31. The first kappa shape index (κ1) is 14.9. The van der Waals surface area contributed by atoms with Gasteiger partial charge in [0.2, 0.25) is 11.8 Å². The van der Waals surface area contributed by atoms with Gasteiger partial charge in [-0.3, -0.25) is 9.59 Å². The topological polar surface area (TPSA) is 49.4 Å². The Balaban J connectivity index is 2.00. The number of hydrogen-bond acceptors (Lipinski definition) is 2. The van der Waals surface area contributed by atoms with E-state index in [-0.39, 0.29) is 17.7 Å². The quantitative estimate of drug-likeness (QED) is 0.912. The third kappa shape index (κ3) is 3.51. The minimum Gasteiger partial charge on any atom is -0.342 e. The Labute approximate surface area is 124 Å². The summed E-state index contributed by atoms with van der Waals surface area (Å²) in [7, 11) is 0. The first-order valence-corrected chi connectivity index (χ1v) is 7.17. The summed E-state index contributed by atoms with van der Waals surface area (Å²) in [5, 5.41) is 3.51. The van der Waals surface area contributed by atoms with E-state index in [1.54, 1.807) is 17.9 Å². The van der Waals surface area contributed by atoms with Gasteiger partial charge < -0.3 is 10.2 Å². The highest BCUT2D eigenvalue weighted by Crippen LogP contribution is 2.22. The Bertz CT molecular complexity index is 531. The molecule has 1 N–H and O–H groups in total. The maximum atomic E-state index is 12.2. The number of nitrogens with zero attached hydrogens (tertiary/aromatic N) is 1. The molecule has 1 fully saturated rings. The summed E-state index contributed by atoms with van der Waals surface area (Å²) in [5.74, 6) is -0.163. The summed E-state index contributed by atoms with van der Waals surface area (Å²) in [6, 6.07) is 5.46. The number of benzene rings is 1. The van der Waals surface area contributed by atoms with E-state index in [0.717, 1.165) is 24.9 Å². The fourth-order valence-corrected chi connectivity index (χ4v) is 2.57. The van der Waals surface area contributed by atoms with E-state index in [1.165, 1.54) is 0 Å². The number of likely N-dealkylation sites (tertiary alicyclic amines) is 1. The second kappa shape index (κ2) is 6.27.